The van der Waals surface area contributed by atoms with Gasteiger partial charge in [0.2, 0.25) is 0 Å². The molecule has 4 rings (SSSR count). The molecule has 10 nitrogen and oxygen atoms in total. The third-order valence-electron chi connectivity index (χ3n) is 4.54. The summed E-state index contributed by atoms with van der Waals surface area (Å²) in [6, 6.07) is 6.81. The van der Waals surface area contributed by atoms with Gasteiger partial charge in [-0.25, -0.2) is 4.98 Å². The summed E-state index contributed by atoms with van der Waals surface area (Å²) in [5, 5.41) is 23.3. The van der Waals surface area contributed by atoms with Gasteiger partial charge in [0.25, 0.3) is 11.5 Å². The van der Waals surface area contributed by atoms with Crippen LogP contribution in [0.2, 0.25) is 5.02 Å². The Bertz CT molecular complexity index is 1300. The third kappa shape index (κ3) is 3.82. The fraction of sp³-hybridized carbons (Fsp3) is 0.222. The van der Waals surface area contributed by atoms with Crippen LogP contribution >= 0.6 is 22.9 Å². The molecular weight excluding hydrogens is 430 g/mol. The monoisotopic (exact) mass is 445 g/mol. The van der Waals surface area contributed by atoms with Crippen LogP contribution in [0.15, 0.2) is 35.4 Å². The highest BCUT2D eigenvalue weighted by Gasteiger charge is 2.18. The van der Waals surface area contributed by atoms with Crippen LogP contribution in [0.1, 0.15) is 32.7 Å². The lowest BCUT2D eigenvalue weighted by Gasteiger charge is -2.09. The fourth-order valence-electron chi connectivity index (χ4n) is 3.02. The Morgan fingerprint density at radius 3 is 2.77 bits per heavy atom. The number of amides is 1. The van der Waals surface area contributed by atoms with Gasteiger partial charge in [0, 0.05) is 5.02 Å². The number of thiophene rings is 1. The zero-order valence-corrected chi connectivity index (χ0v) is 17.3. The molecule has 0 saturated carbocycles. The Hall–Kier alpha value is -3.15. The number of hydrogen-bond donors (Lipinski definition) is 2. The van der Waals surface area contributed by atoms with Crippen LogP contribution in [0.3, 0.4) is 0 Å². The van der Waals surface area contributed by atoms with E-state index in [2.05, 4.69) is 20.4 Å². The van der Waals surface area contributed by atoms with Crippen LogP contribution in [-0.2, 0) is 13.1 Å². The highest BCUT2D eigenvalue weighted by molar-refractivity contribution is 7.20. The average Bonchev–Trinajstić information content (AvgIpc) is 3.29. The van der Waals surface area contributed by atoms with Gasteiger partial charge in [-0.2, -0.15) is 4.80 Å². The Kier molecular flexibility index (Phi) is 5.33. The molecule has 4 aromatic rings. The predicted octanol–water partition coefficient (Wildman–Crippen LogP) is 1.29. The van der Waals surface area contributed by atoms with Gasteiger partial charge in [-0.1, -0.05) is 23.7 Å². The van der Waals surface area contributed by atoms with E-state index in [1.807, 2.05) is 0 Å². The molecule has 1 amide bonds. The van der Waals surface area contributed by atoms with E-state index in [0.717, 1.165) is 11.3 Å². The van der Waals surface area contributed by atoms with Gasteiger partial charge in [0.05, 0.1) is 29.7 Å². The fourth-order valence-corrected chi connectivity index (χ4v) is 4.14. The van der Waals surface area contributed by atoms with Crippen molar-refractivity contribution in [2.45, 2.75) is 26.1 Å². The van der Waals surface area contributed by atoms with Gasteiger partial charge in [-0.3, -0.25) is 14.2 Å². The molecule has 3 aromatic heterocycles. The largest absolute Gasteiger partial charge is 0.386 e. The smallest absolute Gasteiger partial charge is 0.262 e. The van der Waals surface area contributed by atoms with Gasteiger partial charge in [-0.15, -0.1) is 21.5 Å². The van der Waals surface area contributed by atoms with Crippen LogP contribution < -0.4 is 11.3 Å². The van der Waals surface area contributed by atoms with Crippen molar-refractivity contribution in [1.29, 1.82) is 0 Å². The maximum Gasteiger partial charge on any atom is 0.262 e. The lowest BCUT2D eigenvalue weighted by atomic mass is 10.1. The Morgan fingerprint density at radius 1 is 1.33 bits per heavy atom. The minimum Gasteiger partial charge on any atom is -0.386 e. The zero-order valence-electron chi connectivity index (χ0n) is 15.7. The number of aryl methyl sites for hydroxylation is 1. The highest BCUT2D eigenvalue weighted by atomic mass is 35.5. The first kappa shape index (κ1) is 20.1. The second kappa shape index (κ2) is 7.94. The van der Waals surface area contributed by atoms with Gasteiger partial charge in [-0.05, 0) is 35.4 Å². The molecule has 30 heavy (non-hydrogen) atoms. The molecule has 12 heteroatoms. The van der Waals surface area contributed by atoms with Crippen molar-refractivity contribution < 1.29 is 9.90 Å². The van der Waals surface area contributed by atoms with Crippen molar-refractivity contribution in [2.24, 2.45) is 5.73 Å². The molecule has 154 valence electrons. The number of aliphatic hydroxyl groups is 1. The van der Waals surface area contributed by atoms with E-state index in [9.17, 15) is 14.7 Å². The molecule has 0 fully saturated rings. The van der Waals surface area contributed by atoms with Crippen LogP contribution in [0.5, 0.6) is 0 Å². The van der Waals surface area contributed by atoms with Crippen molar-refractivity contribution in [1.82, 2.24) is 29.8 Å². The van der Waals surface area contributed by atoms with E-state index in [1.54, 1.807) is 31.2 Å². The summed E-state index contributed by atoms with van der Waals surface area (Å²) < 4.78 is 1.34. The predicted molar refractivity (Wildman–Crippen MR) is 110 cm³/mol. The molecule has 0 saturated heterocycles. The maximum absolute atomic E-state index is 12.8. The number of aliphatic hydroxyl groups excluding tert-OH is 1. The SMILES string of the molecule is Cc1c(C(N)=O)sc2ncn(Cc3nnn(C[C@H](O)c4ccc(Cl)cc4)n3)c(=O)c12. The molecular formula is C18H16ClN7O3S. The summed E-state index contributed by atoms with van der Waals surface area (Å²) >= 11 is 6.94. The first-order valence-electron chi connectivity index (χ1n) is 8.82. The number of rotatable bonds is 6. The third-order valence-corrected chi connectivity index (χ3v) is 6.00. The van der Waals surface area contributed by atoms with Crippen LogP contribution in [0.25, 0.3) is 10.2 Å². The van der Waals surface area contributed by atoms with E-state index < -0.39 is 12.0 Å². The molecule has 1 atom stereocenters. The van der Waals surface area contributed by atoms with E-state index >= 15 is 0 Å². The van der Waals surface area contributed by atoms with Crippen LogP contribution in [0, 0.1) is 6.92 Å². The van der Waals surface area contributed by atoms with Gasteiger partial charge in [0.15, 0.2) is 5.82 Å². The lowest BCUT2D eigenvalue weighted by molar-refractivity contribution is 0.100. The Labute approximate surface area is 178 Å². The molecule has 1 aromatic carbocycles. The van der Waals surface area contributed by atoms with Crippen molar-refractivity contribution in [2.75, 3.05) is 0 Å². The van der Waals surface area contributed by atoms with E-state index in [1.165, 1.54) is 15.7 Å². The van der Waals surface area contributed by atoms with Crippen molar-refractivity contribution in [3.63, 3.8) is 0 Å². The van der Waals surface area contributed by atoms with Gasteiger partial charge in [0.1, 0.15) is 10.9 Å². The number of carbonyl (C=O) groups is 1. The summed E-state index contributed by atoms with van der Waals surface area (Å²) in [4.78, 5) is 30.6. The highest BCUT2D eigenvalue weighted by Crippen LogP contribution is 2.26. The topological polar surface area (TPSA) is 142 Å². The summed E-state index contributed by atoms with van der Waals surface area (Å²) in [7, 11) is 0. The molecule has 0 aliphatic carbocycles. The van der Waals surface area contributed by atoms with Crippen LogP contribution in [0.4, 0.5) is 0 Å². The van der Waals surface area contributed by atoms with Gasteiger partial charge >= 0.3 is 0 Å². The molecule has 0 bridgehead atoms. The van der Waals surface area contributed by atoms with Crippen molar-refractivity contribution in [3.05, 3.63) is 67.8 Å². The van der Waals surface area contributed by atoms with Crippen molar-refractivity contribution >= 4 is 39.1 Å². The standard InChI is InChI=1S/C18H16ClN7O3S/c1-9-14-17(30-15(9)16(20)28)21-8-25(18(14)29)7-13-22-24-26(23-13)6-12(27)10-2-4-11(19)5-3-10/h2-5,8,12,27H,6-7H2,1H3,(H2,20,28)/t12-/m0/s1. The number of hydrogen-bond acceptors (Lipinski definition) is 8. The minimum absolute atomic E-state index is 0.0417. The number of nitrogens with zero attached hydrogens (tertiary/aromatic N) is 6. The quantitative estimate of drug-likeness (QED) is 0.455. The molecule has 3 heterocycles. The van der Waals surface area contributed by atoms with E-state index in [0.29, 0.717) is 31.2 Å². The number of fused-ring (bicyclic) bond motifs is 1. The number of carbonyl (C=O) groups excluding carboxylic acids is 1. The maximum atomic E-state index is 12.8. The number of halogens is 1. The second-order valence-electron chi connectivity index (χ2n) is 6.61. The summed E-state index contributed by atoms with van der Waals surface area (Å²) in [6.07, 6.45) is 0.528. The number of primary amides is 1. The van der Waals surface area contributed by atoms with Gasteiger partial charge < -0.3 is 10.8 Å². The lowest BCUT2D eigenvalue weighted by Crippen LogP contribution is -2.22. The normalized spacial score (nSPS) is 12.4. The molecule has 0 aliphatic rings. The summed E-state index contributed by atoms with van der Waals surface area (Å²) in [5.74, 6) is -0.310. The Morgan fingerprint density at radius 2 is 2.07 bits per heavy atom. The number of tetrazole rings is 1. The average molecular weight is 446 g/mol. The molecule has 0 radical (unpaired) electrons. The Balaban J connectivity index is 1.55. The van der Waals surface area contributed by atoms with E-state index in [-0.39, 0.29) is 24.5 Å². The first-order valence-corrected chi connectivity index (χ1v) is 10.0. The number of benzene rings is 1. The molecule has 0 aliphatic heterocycles. The number of nitrogens with two attached hydrogens (primary N) is 1. The zero-order chi connectivity index (χ0) is 21.4. The molecule has 3 N–H and O–H groups in total. The summed E-state index contributed by atoms with van der Waals surface area (Å²) in [5.41, 5.74) is 6.22. The van der Waals surface area contributed by atoms with E-state index in [4.69, 9.17) is 17.3 Å². The first-order chi connectivity index (χ1) is 14.3. The number of aromatic nitrogens is 6. The minimum atomic E-state index is -0.842. The molecule has 0 unspecified atom stereocenters. The summed E-state index contributed by atoms with van der Waals surface area (Å²) in [6.45, 7) is 1.80. The van der Waals surface area contributed by atoms with Crippen LogP contribution in [-0.4, -0.2) is 40.8 Å². The van der Waals surface area contributed by atoms with Crippen molar-refractivity contribution in [3.8, 4) is 0 Å². The second-order valence-corrected chi connectivity index (χ2v) is 8.04. The molecule has 0 spiro atoms.